The minimum atomic E-state index is -1.36. The van der Waals surface area contributed by atoms with E-state index in [1.54, 1.807) is 24.3 Å². The molecule has 18 heavy (non-hydrogen) atoms. The molecule has 5 nitrogen and oxygen atoms in total. The summed E-state index contributed by atoms with van der Waals surface area (Å²) in [5.41, 5.74) is -0.843. The summed E-state index contributed by atoms with van der Waals surface area (Å²) in [5.74, 6) is -0.153. The molecule has 1 aromatic carbocycles. The Hall–Kier alpha value is -1.72. The number of Topliss-reactive ketones (excluding diaryl/α,β-unsaturated/α-hetero) is 1. The second-order valence-corrected chi connectivity index (χ2v) is 4.25. The fourth-order valence-corrected chi connectivity index (χ4v) is 1.43. The van der Waals surface area contributed by atoms with Crippen molar-refractivity contribution in [3.63, 3.8) is 0 Å². The zero-order valence-electron chi connectivity index (χ0n) is 10.7. The summed E-state index contributed by atoms with van der Waals surface area (Å²) in [5, 5.41) is 12.9. The quantitative estimate of drug-likeness (QED) is 0.463. The molecule has 0 heterocycles. The van der Waals surface area contributed by atoms with E-state index < -0.39 is 11.7 Å². The van der Waals surface area contributed by atoms with E-state index in [1.807, 2.05) is 0 Å². The van der Waals surface area contributed by atoms with E-state index >= 15 is 0 Å². The first-order chi connectivity index (χ1) is 8.31. The predicted molar refractivity (Wildman–Crippen MR) is 66.0 cm³/mol. The van der Waals surface area contributed by atoms with Gasteiger partial charge in [0.15, 0.2) is 0 Å². The van der Waals surface area contributed by atoms with E-state index in [-0.39, 0.29) is 12.3 Å². The third-order valence-electron chi connectivity index (χ3n) is 2.34. The number of hydrogen-bond acceptors (Lipinski definition) is 5. The molecule has 1 atom stereocenters. The van der Waals surface area contributed by atoms with Crippen LogP contribution in [0.25, 0.3) is 0 Å². The lowest BCUT2D eigenvalue weighted by molar-refractivity contribution is -0.131. The Bertz CT molecular complexity index is 454. The van der Waals surface area contributed by atoms with Gasteiger partial charge < -0.3 is 9.84 Å². The number of esters is 1. The molecule has 0 fully saturated rings. The molecule has 0 aliphatic heterocycles. The van der Waals surface area contributed by atoms with Crippen LogP contribution in [0.15, 0.2) is 24.3 Å². The van der Waals surface area contributed by atoms with Crippen LogP contribution in [0, 0.1) is 0 Å². The number of rotatable bonds is 5. The SMILES string of the molecule is CC(=O)CNC(C)(O)c1cccc(OC(C)=O)c1. The molecule has 0 aliphatic rings. The van der Waals surface area contributed by atoms with Crippen LogP contribution >= 0.6 is 0 Å². The minimum Gasteiger partial charge on any atom is -0.427 e. The molecular weight excluding hydrogens is 234 g/mol. The van der Waals surface area contributed by atoms with Gasteiger partial charge in [0.25, 0.3) is 0 Å². The van der Waals surface area contributed by atoms with Gasteiger partial charge in [-0.1, -0.05) is 12.1 Å². The summed E-state index contributed by atoms with van der Waals surface area (Å²) in [7, 11) is 0. The number of aliphatic hydroxyl groups is 1. The van der Waals surface area contributed by atoms with E-state index in [9.17, 15) is 14.7 Å². The Morgan fingerprint density at radius 3 is 2.61 bits per heavy atom. The summed E-state index contributed by atoms with van der Waals surface area (Å²) >= 11 is 0. The molecule has 0 radical (unpaired) electrons. The normalized spacial score (nSPS) is 13.8. The van der Waals surface area contributed by atoms with E-state index in [0.29, 0.717) is 11.3 Å². The van der Waals surface area contributed by atoms with Crippen LogP contribution in [0.4, 0.5) is 0 Å². The maximum absolute atomic E-state index is 10.9. The fourth-order valence-electron chi connectivity index (χ4n) is 1.43. The van der Waals surface area contributed by atoms with Crippen molar-refractivity contribution in [1.82, 2.24) is 5.32 Å². The molecule has 98 valence electrons. The van der Waals surface area contributed by atoms with E-state index in [4.69, 9.17) is 4.74 Å². The number of carbonyl (C=O) groups excluding carboxylic acids is 2. The Morgan fingerprint density at radius 1 is 1.39 bits per heavy atom. The molecular formula is C13H17NO4. The molecule has 0 bridgehead atoms. The molecule has 0 aromatic heterocycles. The molecule has 0 saturated heterocycles. The van der Waals surface area contributed by atoms with Gasteiger partial charge in [0, 0.05) is 12.5 Å². The van der Waals surface area contributed by atoms with Crippen LogP contribution in [0.5, 0.6) is 5.75 Å². The zero-order valence-corrected chi connectivity index (χ0v) is 10.7. The van der Waals surface area contributed by atoms with Crippen LogP contribution in [0.3, 0.4) is 0 Å². The van der Waals surface area contributed by atoms with Crippen LogP contribution in [0.1, 0.15) is 26.3 Å². The van der Waals surface area contributed by atoms with Gasteiger partial charge in [-0.05, 0) is 26.0 Å². The van der Waals surface area contributed by atoms with Gasteiger partial charge in [-0.25, -0.2) is 0 Å². The second-order valence-electron chi connectivity index (χ2n) is 4.25. The average molecular weight is 251 g/mol. The standard InChI is InChI=1S/C13H17NO4/c1-9(15)8-14-13(3,17)11-5-4-6-12(7-11)18-10(2)16/h4-7,14,17H,8H2,1-3H3. The van der Waals surface area contributed by atoms with Crippen molar-refractivity contribution >= 4 is 11.8 Å². The maximum Gasteiger partial charge on any atom is 0.308 e. The zero-order chi connectivity index (χ0) is 13.8. The number of hydrogen-bond donors (Lipinski definition) is 2. The number of benzene rings is 1. The number of ether oxygens (including phenoxy) is 1. The van der Waals surface area contributed by atoms with Gasteiger partial charge >= 0.3 is 5.97 Å². The summed E-state index contributed by atoms with van der Waals surface area (Å²) in [6, 6.07) is 6.51. The van der Waals surface area contributed by atoms with E-state index in [0.717, 1.165) is 0 Å². The van der Waals surface area contributed by atoms with Crippen LogP contribution in [0.2, 0.25) is 0 Å². The van der Waals surface area contributed by atoms with Gasteiger partial charge in [-0.3, -0.25) is 14.9 Å². The third-order valence-corrected chi connectivity index (χ3v) is 2.34. The number of carbonyl (C=O) groups is 2. The van der Waals surface area contributed by atoms with E-state index in [2.05, 4.69) is 5.32 Å². The maximum atomic E-state index is 10.9. The van der Waals surface area contributed by atoms with Gasteiger partial charge in [-0.15, -0.1) is 0 Å². The van der Waals surface area contributed by atoms with Crippen LogP contribution in [-0.2, 0) is 15.3 Å². The van der Waals surface area contributed by atoms with Crippen molar-refractivity contribution in [1.29, 1.82) is 0 Å². The Morgan fingerprint density at radius 2 is 2.06 bits per heavy atom. The van der Waals surface area contributed by atoms with Gasteiger partial charge in [0.1, 0.15) is 17.3 Å². The molecule has 1 unspecified atom stereocenters. The smallest absolute Gasteiger partial charge is 0.308 e. The van der Waals surface area contributed by atoms with Gasteiger partial charge in [0.05, 0.1) is 6.54 Å². The molecule has 5 heteroatoms. The lowest BCUT2D eigenvalue weighted by Gasteiger charge is -2.25. The highest BCUT2D eigenvalue weighted by Gasteiger charge is 2.23. The Kier molecular flexibility index (Phi) is 4.58. The first kappa shape index (κ1) is 14.3. The molecule has 0 spiro atoms. The molecule has 1 aromatic rings. The molecule has 0 aliphatic carbocycles. The molecule has 1 rings (SSSR count). The van der Waals surface area contributed by atoms with Gasteiger partial charge in [0.2, 0.25) is 0 Å². The predicted octanol–water partition coefficient (Wildman–Crippen LogP) is 0.956. The third kappa shape index (κ3) is 4.27. The number of nitrogens with one attached hydrogen (secondary N) is 1. The fraction of sp³-hybridized carbons (Fsp3) is 0.385. The van der Waals surface area contributed by atoms with Crippen molar-refractivity contribution in [2.24, 2.45) is 0 Å². The first-order valence-corrected chi connectivity index (χ1v) is 5.57. The highest BCUT2D eigenvalue weighted by Crippen LogP contribution is 2.22. The lowest BCUT2D eigenvalue weighted by atomic mass is 10.0. The summed E-state index contributed by atoms with van der Waals surface area (Å²) < 4.78 is 4.93. The highest BCUT2D eigenvalue weighted by atomic mass is 16.5. The number of ketones is 1. The largest absolute Gasteiger partial charge is 0.427 e. The summed E-state index contributed by atoms with van der Waals surface area (Å²) in [4.78, 5) is 21.7. The average Bonchev–Trinajstić information content (AvgIpc) is 2.26. The first-order valence-electron chi connectivity index (χ1n) is 5.57. The molecule has 0 saturated carbocycles. The molecule has 0 amide bonds. The van der Waals surface area contributed by atoms with Crippen molar-refractivity contribution in [2.45, 2.75) is 26.5 Å². The van der Waals surface area contributed by atoms with Crippen molar-refractivity contribution < 1.29 is 19.4 Å². The van der Waals surface area contributed by atoms with Gasteiger partial charge in [-0.2, -0.15) is 0 Å². The molecule has 2 N–H and O–H groups in total. The second kappa shape index (κ2) is 5.75. The minimum absolute atomic E-state index is 0.0603. The van der Waals surface area contributed by atoms with Crippen molar-refractivity contribution in [2.75, 3.05) is 6.54 Å². The van der Waals surface area contributed by atoms with Crippen LogP contribution < -0.4 is 10.1 Å². The van der Waals surface area contributed by atoms with E-state index in [1.165, 1.54) is 20.8 Å². The summed E-state index contributed by atoms with van der Waals surface area (Å²) in [6.45, 7) is 4.32. The summed E-state index contributed by atoms with van der Waals surface area (Å²) in [6.07, 6.45) is 0. The Labute approximate surface area is 106 Å². The highest BCUT2D eigenvalue weighted by molar-refractivity contribution is 5.77. The monoisotopic (exact) mass is 251 g/mol. The Balaban J connectivity index is 2.87. The van der Waals surface area contributed by atoms with Crippen molar-refractivity contribution in [3.05, 3.63) is 29.8 Å². The lowest BCUT2D eigenvalue weighted by Crippen LogP contribution is -2.41. The topological polar surface area (TPSA) is 75.6 Å². The van der Waals surface area contributed by atoms with Crippen LogP contribution in [-0.4, -0.2) is 23.4 Å². The van der Waals surface area contributed by atoms with Crippen molar-refractivity contribution in [3.8, 4) is 5.75 Å².